The lowest BCUT2D eigenvalue weighted by molar-refractivity contribution is 0.218. The summed E-state index contributed by atoms with van der Waals surface area (Å²) >= 11 is 0. The molecule has 0 aliphatic carbocycles. The van der Waals surface area contributed by atoms with Crippen LogP contribution in [0.1, 0.15) is 22.7 Å². The zero-order chi connectivity index (χ0) is 12.8. The molecule has 2 atom stereocenters. The quantitative estimate of drug-likeness (QED) is 0.841. The number of aryl methyl sites for hydroxylation is 2. The Morgan fingerprint density at radius 2 is 2.12 bits per heavy atom. The molecular weight excluding hydrogens is 234 g/mol. The second-order valence-corrected chi connectivity index (χ2v) is 5.89. The van der Waals surface area contributed by atoms with Crippen molar-refractivity contribution in [1.82, 2.24) is 0 Å². The van der Waals surface area contributed by atoms with Gasteiger partial charge in [0.05, 0.1) is 6.61 Å². The minimum atomic E-state index is -0.914. The first kappa shape index (κ1) is 14.4. The fourth-order valence-corrected chi connectivity index (χ4v) is 2.89. The van der Waals surface area contributed by atoms with E-state index in [4.69, 9.17) is 10.5 Å². The maximum Gasteiger partial charge on any atom is 0.0577 e. The number of ether oxygens (including phenoxy) is 1. The van der Waals surface area contributed by atoms with E-state index in [1.54, 1.807) is 7.11 Å². The lowest BCUT2D eigenvalue weighted by Gasteiger charge is -2.15. The maximum absolute atomic E-state index is 11.7. The number of rotatable bonds is 6. The van der Waals surface area contributed by atoms with Crippen LogP contribution in [0.5, 0.6) is 0 Å². The van der Waals surface area contributed by atoms with Crippen molar-refractivity contribution in [2.75, 3.05) is 25.2 Å². The van der Waals surface area contributed by atoms with E-state index >= 15 is 0 Å². The first-order valence-electron chi connectivity index (χ1n) is 5.71. The van der Waals surface area contributed by atoms with Gasteiger partial charge in [0.1, 0.15) is 0 Å². The molecule has 0 bridgehead atoms. The second-order valence-electron chi connectivity index (χ2n) is 4.27. The van der Waals surface area contributed by atoms with Crippen LogP contribution in [0.4, 0.5) is 0 Å². The fourth-order valence-electron chi connectivity index (χ4n) is 1.79. The number of hydrogen-bond donors (Lipinski definition) is 1. The van der Waals surface area contributed by atoms with Crippen molar-refractivity contribution in [2.24, 2.45) is 5.73 Å². The van der Waals surface area contributed by atoms with Gasteiger partial charge in [-0.25, -0.2) is 0 Å². The van der Waals surface area contributed by atoms with Crippen LogP contribution in [0.15, 0.2) is 18.2 Å². The number of benzene rings is 1. The molecule has 0 saturated carbocycles. The summed E-state index contributed by atoms with van der Waals surface area (Å²) in [5.74, 6) is 1.04. The average molecular weight is 255 g/mol. The molecule has 2 unspecified atom stereocenters. The molecule has 4 heteroatoms. The van der Waals surface area contributed by atoms with Gasteiger partial charge in [-0.15, -0.1) is 0 Å². The van der Waals surface area contributed by atoms with E-state index in [9.17, 15) is 4.21 Å². The average Bonchev–Trinajstić information content (AvgIpc) is 2.26. The van der Waals surface area contributed by atoms with Crippen LogP contribution in [-0.4, -0.2) is 29.4 Å². The fraction of sp³-hybridized carbons (Fsp3) is 0.538. The predicted molar refractivity (Wildman–Crippen MR) is 72.6 cm³/mol. The third-order valence-electron chi connectivity index (χ3n) is 2.71. The molecule has 0 amide bonds. The van der Waals surface area contributed by atoms with Crippen molar-refractivity contribution in [3.63, 3.8) is 0 Å². The normalized spacial score (nSPS) is 14.6. The molecule has 17 heavy (non-hydrogen) atoms. The third-order valence-corrected chi connectivity index (χ3v) is 4.06. The third kappa shape index (κ3) is 4.58. The Balaban J connectivity index is 2.63. The van der Waals surface area contributed by atoms with Gasteiger partial charge in [-0.1, -0.05) is 23.8 Å². The van der Waals surface area contributed by atoms with Crippen LogP contribution in [-0.2, 0) is 15.5 Å². The van der Waals surface area contributed by atoms with E-state index in [0.29, 0.717) is 18.1 Å². The Morgan fingerprint density at radius 3 is 2.71 bits per heavy atom. The smallest absolute Gasteiger partial charge is 0.0577 e. The topological polar surface area (TPSA) is 52.3 Å². The van der Waals surface area contributed by atoms with Crippen LogP contribution in [0.25, 0.3) is 0 Å². The standard InChI is InChI=1S/C13H21NO2S/c1-10-4-5-12(11(2)8-10)13(14)9-17(15)7-6-16-3/h4-5,8,13H,6-7,9,14H2,1-3H3. The number of nitrogens with two attached hydrogens (primary N) is 1. The summed E-state index contributed by atoms with van der Waals surface area (Å²) in [4.78, 5) is 0. The van der Waals surface area contributed by atoms with Crippen LogP contribution in [0.2, 0.25) is 0 Å². The van der Waals surface area contributed by atoms with E-state index in [1.165, 1.54) is 11.1 Å². The summed E-state index contributed by atoms with van der Waals surface area (Å²) in [5, 5.41) is 0. The highest BCUT2D eigenvalue weighted by Gasteiger charge is 2.12. The van der Waals surface area contributed by atoms with Crippen molar-refractivity contribution in [1.29, 1.82) is 0 Å². The molecule has 0 spiro atoms. The molecule has 0 aliphatic heterocycles. The maximum atomic E-state index is 11.7. The van der Waals surface area contributed by atoms with E-state index < -0.39 is 10.8 Å². The highest BCUT2D eigenvalue weighted by molar-refractivity contribution is 7.85. The molecule has 0 saturated heterocycles. The van der Waals surface area contributed by atoms with Crippen LogP contribution in [0, 0.1) is 13.8 Å². The van der Waals surface area contributed by atoms with Gasteiger partial charge < -0.3 is 10.5 Å². The molecule has 0 heterocycles. The minimum absolute atomic E-state index is 0.159. The van der Waals surface area contributed by atoms with Gasteiger partial charge in [0.25, 0.3) is 0 Å². The highest BCUT2D eigenvalue weighted by atomic mass is 32.2. The predicted octanol–water partition coefficient (Wildman–Crippen LogP) is 1.70. The summed E-state index contributed by atoms with van der Waals surface area (Å²) in [6.07, 6.45) is 0. The summed E-state index contributed by atoms with van der Waals surface area (Å²) in [6, 6.07) is 6.02. The molecule has 1 rings (SSSR count). The van der Waals surface area contributed by atoms with Gasteiger partial charge in [-0.2, -0.15) is 0 Å². The van der Waals surface area contributed by atoms with Crippen LogP contribution >= 0.6 is 0 Å². The van der Waals surface area contributed by atoms with Gasteiger partial charge in [0.15, 0.2) is 0 Å². The Hall–Kier alpha value is -0.710. The zero-order valence-electron chi connectivity index (χ0n) is 10.7. The van der Waals surface area contributed by atoms with Gasteiger partial charge >= 0.3 is 0 Å². The molecule has 96 valence electrons. The van der Waals surface area contributed by atoms with E-state index in [2.05, 4.69) is 13.0 Å². The largest absolute Gasteiger partial charge is 0.384 e. The summed E-state index contributed by atoms with van der Waals surface area (Å²) < 4.78 is 16.6. The molecule has 0 radical (unpaired) electrons. The second kappa shape index (κ2) is 6.89. The summed E-state index contributed by atoms with van der Waals surface area (Å²) in [7, 11) is 0.698. The highest BCUT2D eigenvalue weighted by Crippen LogP contribution is 2.17. The molecular formula is C13H21NO2S. The van der Waals surface area contributed by atoms with Gasteiger partial charge in [-0.3, -0.25) is 4.21 Å². The van der Waals surface area contributed by atoms with Crippen molar-refractivity contribution < 1.29 is 8.95 Å². The molecule has 0 aromatic heterocycles. The van der Waals surface area contributed by atoms with E-state index in [1.807, 2.05) is 19.1 Å². The Bertz CT molecular complexity index is 393. The number of methoxy groups -OCH3 is 1. The first-order chi connectivity index (χ1) is 8.04. The van der Waals surface area contributed by atoms with Crippen LogP contribution in [0.3, 0.4) is 0 Å². The number of hydrogen-bond acceptors (Lipinski definition) is 3. The lowest BCUT2D eigenvalue weighted by atomic mass is 10.0. The van der Waals surface area contributed by atoms with Crippen molar-refractivity contribution >= 4 is 10.8 Å². The van der Waals surface area contributed by atoms with E-state index in [-0.39, 0.29) is 6.04 Å². The molecule has 0 aliphatic rings. The molecule has 1 aromatic carbocycles. The Kier molecular flexibility index (Phi) is 5.82. The van der Waals surface area contributed by atoms with Crippen molar-refractivity contribution in [3.05, 3.63) is 34.9 Å². The molecule has 2 N–H and O–H groups in total. The lowest BCUT2D eigenvalue weighted by Crippen LogP contribution is -2.21. The van der Waals surface area contributed by atoms with Gasteiger partial charge in [0.2, 0.25) is 0 Å². The monoisotopic (exact) mass is 255 g/mol. The summed E-state index contributed by atoms with van der Waals surface area (Å²) in [5.41, 5.74) is 9.56. The SMILES string of the molecule is COCCS(=O)CC(N)c1ccc(C)cc1C. The first-order valence-corrected chi connectivity index (χ1v) is 7.20. The molecule has 1 aromatic rings. The van der Waals surface area contributed by atoms with Crippen molar-refractivity contribution in [2.45, 2.75) is 19.9 Å². The Morgan fingerprint density at radius 1 is 1.41 bits per heavy atom. The van der Waals surface area contributed by atoms with Crippen LogP contribution < -0.4 is 5.73 Å². The minimum Gasteiger partial charge on any atom is -0.384 e. The van der Waals surface area contributed by atoms with Gasteiger partial charge in [-0.05, 0) is 25.0 Å². The van der Waals surface area contributed by atoms with E-state index in [0.717, 1.165) is 5.56 Å². The Labute approximate surface area is 106 Å². The van der Waals surface area contributed by atoms with Crippen molar-refractivity contribution in [3.8, 4) is 0 Å². The zero-order valence-corrected chi connectivity index (χ0v) is 11.5. The molecule has 0 fully saturated rings. The summed E-state index contributed by atoms with van der Waals surface area (Å²) in [6.45, 7) is 4.62. The molecule has 3 nitrogen and oxygen atoms in total. The van der Waals surface area contributed by atoms with Gasteiger partial charge in [0, 0.05) is 35.5 Å².